The Morgan fingerprint density at radius 2 is 2.25 bits per heavy atom. The van der Waals surface area contributed by atoms with Crippen molar-refractivity contribution in [2.24, 2.45) is 5.73 Å². The monoisotopic (exact) mass is 276 g/mol. The number of ether oxygens (including phenoxy) is 1. The van der Waals surface area contributed by atoms with Crippen molar-refractivity contribution in [1.82, 2.24) is 4.90 Å². The number of carbonyl (C=O) groups excluding carboxylic acids is 2. The van der Waals surface area contributed by atoms with E-state index < -0.39 is 0 Å². The predicted molar refractivity (Wildman–Crippen MR) is 75.9 cm³/mol. The zero-order valence-corrected chi connectivity index (χ0v) is 11.9. The maximum absolute atomic E-state index is 12.6. The smallest absolute Gasteiger partial charge is 0.223 e. The van der Waals surface area contributed by atoms with Crippen LogP contribution in [0.2, 0.25) is 0 Å². The summed E-state index contributed by atoms with van der Waals surface area (Å²) in [6, 6.07) is 4.99. The number of ketones is 1. The summed E-state index contributed by atoms with van der Waals surface area (Å²) >= 11 is 0. The van der Waals surface area contributed by atoms with Gasteiger partial charge in [-0.1, -0.05) is 0 Å². The van der Waals surface area contributed by atoms with Gasteiger partial charge in [-0.15, -0.1) is 0 Å². The van der Waals surface area contributed by atoms with Gasteiger partial charge in [0.15, 0.2) is 5.78 Å². The topological polar surface area (TPSA) is 72.6 Å². The Morgan fingerprint density at radius 1 is 1.50 bits per heavy atom. The summed E-state index contributed by atoms with van der Waals surface area (Å²) in [5.74, 6) is 0.727. The third-order valence-electron chi connectivity index (χ3n) is 3.70. The number of aryl methyl sites for hydroxylation is 1. The van der Waals surface area contributed by atoms with Crippen molar-refractivity contribution in [1.29, 1.82) is 0 Å². The van der Waals surface area contributed by atoms with Crippen LogP contribution >= 0.6 is 0 Å². The fourth-order valence-electron chi connectivity index (χ4n) is 2.64. The first-order valence-electron chi connectivity index (χ1n) is 6.77. The molecule has 20 heavy (non-hydrogen) atoms. The highest BCUT2D eigenvalue weighted by Crippen LogP contribution is 2.25. The van der Waals surface area contributed by atoms with E-state index in [1.165, 1.54) is 0 Å². The van der Waals surface area contributed by atoms with Crippen LogP contribution in [0.1, 0.15) is 28.8 Å². The van der Waals surface area contributed by atoms with Gasteiger partial charge in [0.05, 0.1) is 13.2 Å². The zero-order chi connectivity index (χ0) is 14.7. The van der Waals surface area contributed by atoms with Crippen LogP contribution in [0.25, 0.3) is 0 Å². The van der Waals surface area contributed by atoms with Crippen LogP contribution in [0.4, 0.5) is 0 Å². The second-order valence-electron chi connectivity index (χ2n) is 4.98. The lowest BCUT2D eigenvalue weighted by atomic mass is 9.98. The fraction of sp³-hybridized carbons (Fsp3) is 0.467. The molecule has 1 aromatic carbocycles. The summed E-state index contributed by atoms with van der Waals surface area (Å²) in [4.78, 5) is 26.0. The minimum atomic E-state index is -0.377. The second-order valence-corrected chi connectivity index (χ2v) is 4.98. The summed E-state index contributed by atoms with van der Waals surface area (Å²) in [5.41, 5.74) is 7.03. The molecule has 1 aromatic rings. The van der Waals surface area contributed by atoms with Crippen molar-refractivity contribution in [3.63, 3.8) is 0 Å². The molecule has 5 nitrogen and oxygen atoms in total. The van der Waals surface area contributed by atoms with E-state index in [1.807, 2.05) is 13.0 Å². The Kier molecular flexibility index (Phi) is 4.39. The van der Waals surface area contributed by atoms with E-state index in [-0.39, 0.29) is 17.7 Å². The normalized spacial score (nSPS) is 18.4. The quantitative estimate of drug-likeness (QED) is 0.818. The van der Waals surface area contributed by atoms with Crippen molar-refractivity contribution in [2.45, 2.75) is 25.8 Å². The number of Topliss-reactive ketones (excluding diaryl/α,β-unsaturated/α-hetero) is 1. The van der Waals surface area contributed by atoms with E-state index in [1.54, 1.807) is 24.1 Å². The van der Waals surface area contributed by atoms with Crippen molar-refractivity contribution in [3.05, 3.63) is 29.3 Å². The lowest BCUT2D eigenvalue weighted by Crippen LogP contribution is -2.41. The molecule has 2 N–H and O–H groups in total. The molecule has 0 radical (unpaired) electrons. The van der Waals surface area contributed by atoms with Crippen LogP contribution in [-0.2, 0) is 4.79 Å². The van der Waals surface area contributed by atoms with Crippen molar-refractivity contribution >= 4 is 11.7 Å². The molecule has 0 spiro atoms. The molecular weight excluding hydrogens is 256 g/mol. The number of likely N-dealkylation sites (tertiary alicyclic amines) is 1. The molecule has 1 aliphatic rings. The van der Waals surface area contributed by atoms with Gasteiger partial charge in [-0.05, 0) is 37.1 Å². The summed E-state index contributed by atoms with van der Waals surface area (Å²) in [6.45, 7) is 2.68. The molecule has 1 amide bonds. The molecule has 1 saturated heterocycles. The van der Waals surface area contributed by atoms with E-state index in [9.17, 15) is 9.59 Å². The predicted octanol–water partition coefficient (Wildman–Crippen LogP) is 1.14. The number of carbonyl (C=O) groups is 2. The van der Waals surface area contributed by atoms with Crippen LogP contribution in [0, 0.1) is 6.92 Å². The van der Waals surface area contributed by atoms with Gasteiger partial charge in [-0.25, -0.2) is 0 Å². The van der Waals surface area contributed by atoms with Crippen LogP contribution < -0.4 is 10.5 Å². The molecule has 1 fully saturated rings. The largest absolute Gasteiger partial charge is 0.497 e. The first-order chi connectivity index (χ1) is 9.58. The summed E-state index contributed by atoms with van der Waals surface area (Å²) in [5, 5.41) is 0. The van der Waals surface area contributed by atoms with Crippen molar-refractivity contribution in [2.75, 3.05) is 20.2 Å². The molecule has 0 aliphatic carbocycles. The number of benzene rings is 1. The molecule has 0 unspecified atom stereocenters. The Bertz CT molecular complexity index is 528. The molecular formula is C15H20N2O3. The lowest BCUT2D eigenvalue weighted by molar-refractivity contribution is -0.128. The Morgan fingerprint density at radius 3 is 2.85 bits per heavy atom. The molecule has 0 saturated carbocycles. The highest BCUT2D eigenvalue weighted by atomic mass is 16.5. The zero-order valence-electron chi connectivity index (χ0n) is 11.9. The van der Waals surface area contributed by atoms with E-state index in [2.05, 4.69) is 0 Å². The second kappa shape index (κ2) is 6.05. The fourth-order valence-corrected chi connectivity index (χ4v) is 2.64. The van der Waals surface area contributed by atoms with E-state index in [4.69, 9.17) is 10.5 Å². The number of nitrogens with zero attached hydrogens (tertiary/aromatic N) is 1. The number of rotatable bonds is 5. The molecule has 2 rings (SSSR count). The first-order valence-corrected chi connectivity index (χ1v) is 6.77. The average Bonchev–Trinajstić information content (AvgIpc) is 2.80. The number of hydrogen-bond donors (Lipinski definition) is 1. The minimum Gasteiger partial charge on any atom is -0.497 e. The summed E-state index contributed by atoms with van der Waals surface area (Å²) in [6.07, 6.45) is 0.995. The van der Waals surface area contributed by atoms with E-state index in [0.717, 1.165) is 11.3 Å². The van der Waals surface area contributed by atoms with Gasteiger partial charge in [0, 0.05) is 25.1 Å². The number of amides is 1. The van der Waals surface area contributed by atoms with E-state index in [0.29, 0.717) is 31.5 Å². The van der Waals surface area contributed by atoms with Gasteiger partial charge in [0.1, 0.15) is 5.75 Å². The first kappa shape index (κ1) is 14.5. The van der Waals surface area contributed by atoms with Crippen LogP contribution in [-0.4, -0.2) is 42.8 Å². The molecule has 1 heterocycles. The molecule has 1 atom stereocenters. The Balaban J connectivity index is 2.24. The lowest BCUT2D eigenvalue weighted by Gasteiger charge is -2.23. The number of methoxy groups -OCH3 is 1. The van der Waals surface area contributed by atoms with Gasteiger partial charge >= 0.3 is 0 Å². The summed E-state index contributed by atoms with van der Waals surface area (Å²) in [7, 11) is 1.59. The van der Waals surface area contributed by atoms with Crippen LogP contribution in [0.15, 0.2) is 18.2 Å². The molecule has 5 heteroatoms. The maximum Gasteiger partial charge on any atom is 0.223 e. The Hall–Kier alpha value is -1.88. The molecule has 0 bridgehead atoms. The van der Waals surface area contributed by atoms with Gasteiger partial charge in [0.2, 0.25) is 5.91 Å². The van der Waals surface area contributed by atoms with E-state index >= 15 is 0 Å². The number of nitrogens with two attached hydrogens (primary N) is 1. The maximum atomic E-state index is 12.6. The summed E-state index contributed by atoms with van der Waals surface area (Å²) < 4.78 is 5.14. The van der Waals surface area contributed by atoms with Gasteiger partial charge < -0.3 is 15.4 Å². The van der Waals surface area contributed by atoms with Gasteiger partial charge in [0.25, 0.3) is 0 Å². The molecule has 1 aliphatic heterocycles. The van der Waals surface area contributed by atoms with Gasteiger partial charge in [-0.3, -0.25) is 9.59 Å². The standard InChI is InChI=1S/C15H20N2O3/c1-10-9-11(20-2)3-4-12(10)15(19)13-5-6-14(18)17(13)8-7-16/h3-4,9,13H,5-8,16H2,1-2H3/t13-/m0/s1. The van der Waals surface area contributed by atoms with Gasteiger partial charge in [-0.2, -0.15) is 0 Å². The van der Waals surface area contributed by atoms with Crippen LogP contribution in [0.5, 0.6) is 5.75 Å². The van der Waals surface area contributed by atoms with Crippen molar-refractivity contribution < 1.29 is 14.3 Å². The highest BCUT2D eigenvalue weighted by Gasteiger charge is 2.36. The average molecular weight is 276 g/mol. The number of hydrogen-bond acceptors (Lipinski definition) is 4. The Labute approximate surface area is 118 Å². The third-order valence-corrected chi connectivity index (χ3v) is 3.70. The van der Waals surface area contributed by atoms with Crippen molar-refractivity contribution in [3.8, 4) is 5.75 Å². The molecule has 108 valence electrons. The highest BCUT2D eigenvalue weighted by molar-refractivity contribution is 6.04. The van der Waals surface area contributed by atoms with Crippen LogP contribution in [0.3, 0.4) is 0 Å². The minimum absolute atomic E-state index is 0.00977. The third kappa shape index (κ3) is 2.67. The molecule has 0 aromatic heterocycles. The SMILES string of the molecule is COc1ccc(C(=O)[C@@H]2CCC(=O)N2CCN)c(C)c1.